The fourth-order valence-electron chi connectivity index (χ4n) is 1.83. The molecule has 0 saturated carbocycles. The molecule has 1 unspecified atom stereocenters. The van der Waals surface area contributed by atoms with Crippen LogP contribution in [0.4, 0.5) is 0 Å². The summed E-state index contributed by atoms with van der Waals surface area (Å²) in [4.78, 5) is -0.333. The lowest BCUT2D eigenvalue weighted by atomic mass is 9.94. The summed E-state index contributed by atoms with van der Waals surface area (Å²) in [6, 6.07) is 5.51. The zero-order valence-corrected chi connectivity index (χ0v) is 11.8. The highest BCUT2D eigenvalue weighted by atomic mass is 35.5. The summed E-state index contributed by atoms with van der Waals surface area (Å²) in [6.45, 7) is 7.86. The van der Waals surface area contributed by atoms with E-state index in [4.69, 9.17) is 34.8 Å². The third-order valence-corrected chi connectivity index (χ3v) is 2.87. The monoisotopic (exact) mass is 276 g/mol. The van der Waals surface area contributed by atoms with Crippen LogP contribution in [0, 0.1) is 0 Å². The number of benzene rings is 1. The van der Waals surface area contributed by atoms with Crippen molar-refractivity contribution in [1.29, 1.82) is 0 Å². The van der Waals surface area contributed by atoms with Gasteiger partial charge in [0.2, 0.25) is 0 Å². The standard InChI is InChI=1S/C13H15Cl3/c1-9(2)7-13(3,16)8-10-4-11(14)6-12(15)5-10/h4-6H,1,7-8H2,2-3H3. The van der Waals surface area contributed by atoms with Crippen molar-refractivity contribution >= 4 is 34.8 Å². The number of hydrogen-bond donors (Lipinski definition) is 0. The lowest BCUT2D eigenvalue weighted by Crippen LogP contribution is -2.20. The van der Waals surface area contributed by atoms with Gasteiger partial charge in [0, 0.05) is 14.9 Å². The van der Waals surface area contributed by atoms with Gasteiger partial charge in [0.25, 0.3) is 0 Å². The van der Waals surface area contributed by atoms with E-state index >= 15 is 0 Å². The van der Waals surface area contributed by atoms with Crippen LogP contribution < -0.4 is 0 Å². The maximum Gasteiger partial charge on any atom is 0.0495 e. The van der Waals surface area contributed by atoms with Crippen molar-refractivity contribution in [3.8, 4) is 0 Å². The Morgan fingerprint density at radius 1 is 1.25 bits per heavy atom. The highest BCUT2D eigenvalue weighted by Gasteiger charge is 2.21. The van der Waals surface area contributed by atoms with Crippen molar-refractivity contribution in [3.63, 3.8) is 0 Å². The Kier molecular flexibility index (Phi) is 4.73. The molecular formula is C13H15Cl3. The van der Waals surface area contributed by atoms with Crippen molar-refractivity contribution in [2.24, 2.45) is 0 Å². The number of allylic oxidation sites excluding steroid dienone is 1. The maximum atomic E-state index is 6.42. The van der Waals surface area contributed by atoms with Crippen molar-refractivity contribution in [2.45, 2.75) is 31.6 Å². The minimum Gasteiger partial charge on any atom is -0.119 e. The smallest absolute Gasteiger partial charge is 0.0495 e. The van der Waals surface area contributed by atoms with Crippen LogP contribution in [-0.4, -0.2) is 4.87 Å². The zero-order valence-electron chi connectivity index (χ0n) is 9.49. The highest BCUT2D eigenvalue weighted by molar-refractivity contribution is 6.34. The second kappa shape index (κ2) is 5.44. The van der Waals surface area contributed by atoms with Gasteiger partial charge in [-0.25, -0.2) is 0 Å². The molecule has 0 aromatic heterocycles. The third kappa shape index (κ3) is 4.78. The molecule has 0 amide bonds. The van der Waals surface area contributed by atoms with Crippen LogP contribution in [-0.2, 0) is 6.42 Å². The second-order valence-corrected chi connectivity index (χ2v) is 6.29. The number of rotatable bonds is 4. The summed E-state index contributed by atoms with van der Waals surface area (Å²) in [7, 11) is 0. The molecule has 0 aliphatic heterocycles. The Balaban J connectivity index is 2.83. The first-order valence-corrected chi connectivity index (χ1v) is 6.20. The molecule has 0 saturated heterocycles. The molecule has 16 heavy (non-hydrogen) atoms. The Hall–Kier alpha value is -0.170. The van der Waals surface area contributed by atoms with Gasteiger partial charge in [-0.3, -0.25) is 0 Å². The van der Waals surface area contributed by atoms with Crippen LogP contribution in [0.15, 0.2) is 30.4 Å². The van der Waals surface area contributed by atoms with E-state index in [1.54, 1.807) is 6.07 Å². The first kappa shape index (κ1) is 13.9. The summed E-state index contributed by atoms with van der Waals surface area (Å²) in [6.07, 6.45) is 1.50. The van der Waals surface area contributed by atoms with E-state index in [1.165, 1.54) is 0 Å². The van der Waals surface area contributed by atoms with E-state index in [0.717, 1.165) is 24.0 Å². The van der Waals surface area contributed by atoms with Gasteiger partial charge in [0.1, 0.15) is 0 Å². The lowest BCUT2D eigenvalue weighted by molar-refractivity contribution is 0.619. The van der Waals surface area contributed by atoms with Crippen molar-refractivity contribution in [3.05, 3.63) is 46.0 Å². The summed E-state index contributed by atoms with van der Waals surface area (Å²) in [5.41, 5.74) is 2.13. The fraction of sp³-hybridized carbons (Fsp3) is 0.385. The Bertz CT molecular complexity index is 374. The fourth-order valence-corrected chi connectivity index (χ4v) is 2.78. The molecule has 0 spiro atoms. The normalized spacial score (nSPS) is 14.6. The molecule has 1 atom stereocenters. The first-order valence-electron chi connectivity index (χ1n) is 5.07. The number of alkyl halides is 1. The van der Waals surface area contributed by atoms with Crippen LogP contribution in [0.5, 0.6) is 0 Å². The lowest BCUT2D eigenvalue weighted by Gasteiger charge is -2.22. The quantitative estimate of drug-likeness (QED) is 0.503. The molecule has 0 radical (unpaired) electrons. The number of halogens is 3. The van der Waals surface area contributed by atoms with E-state index in [0.29, 0.717) is 10.0 Å². The van der Waals surface area contributed by atoms with Gasteiger partial charge in [0.05, 0.1) is 0 Å². The first-order chi connectivity index (χ1) is 7.28. The second-order valence-electron chi connectivity index (χ2n) is 4.50. The summed E-state index contributed by atoms with van der Waals surface area (Å²) in [5, 5.41) is 1.29. The molecule has 0 aliphatic rings. The van der Waals surface area contributed by atoms with Gasteiger partial charge in [-0.2, -0.15) is 0 Å². The van der Waals surface area contributed by atoms with E-state index in [2.05, 4.69) is 6.58 Å². The van der Waals surface area contributed by atoms with E-state index in [1.807, 2.05) is 26.0 Å². The Morgan fingerprint density at radius 3 is 2.19 bits per heavy atom. The predicted octanol–water partition coefficient (Wildman–Crippen LogP) is 5.50. The Morgan fingerprint density at radius 2 is 1.75 bits per heavy atom. The van der Waals surface area contributed by atoms with E-state index in [-0.39, 0.29) is 4.87 Å². The van der Waals surface area contributed by atoms with Crippen molar-refractivity contribution in [2.75, 3.05) is 0 Å². The van der Waals surface area contributed by atoms with Crippen molar-refractivity contribution < 1.29 is 0 Å². The van der Waals surface area contributed by atoms with E-state index in [9.17, 15) is 0 Å². The minimum atomic E-state index is -0.333. The molecule has 0 heterocycles. The Labute approximate surface area is 112 Å². The van der Waals surface area contributed by atoms with Crippen LogP contribution in [0.1, 0.15) is 25.8 Å². The van der Waals surface area contributed by atoms with Gasteiger partial charge in [0.15, 0.2) is 0 Å². The molecule has 0 nitrogen and oxygen atoms in total. The molecule has 1 aromatic rings. The van der Waals surface area contributed by atoms with Crippen LogP contribution in [0.2, 0.25) is 10.0 Å². The van der Waals surface area contributed by atoms with Gasteiger partial charge >= 0.3 is 0 Å². The summed E-state index contributed by atoms with van der Waals surface area (Å²) >= 11 is 18.3. The highest BCUT2D eigenvalue weighted by Crippen LogP contribution is 2.29. The van der Waals surface area contributed by atoms with Crippen LogP contribution >= 0.6 is 34.8 Å². The summed E-state index contributed by atoms with van der Waals surface area (Å²) < 4.78 is 0. The largest absolute Gasteiger partial charge is 0.119 e. The molecule has 0 N–H and O–H groups in total. The van der Waals surface area contributed by atoms with Crippen LogP contribution in [0.25, 0.3) is 0 Å². The topological polar surface area (TPSA) is 0 Å². The molecule has 0 bridgehead atoms. The van der Waals surface area contributed by atoms with Gasteiger partial charge in [-0.15, -0.1) is 18.2 Å². The van der Waals surface area contributed by atoms with E-state index < -0.39 is 0 Å². The third-order valence-electron chi connectivity index (χ3n) is 2.17. The maximum absolute atomic E-state index is 6.42. The SMILES string of the molecule is C=C(C)CC(C)(Cl)Cc1cc(Cl)cc(Cl)c1. The van der Waals surface area contributed by atoms with Crippen LogP contribution in [0.3, 0.4) is 0 Å². The molecule has 1 rings (SSSR count). The number of hydrogen-bond acceptors (Lipinski definition) is 0. The van der Waals surface area contributed by atoms with Gasteiger partial charge in [-0.1, -0.05) is 28.8 Å². The molecule has 88 valence electrons. The van der Waals surface area contributed by atoms with Gasteiger partial charge in [-0.05, 0) is 50.5 Å². The zero-order chi connectivity index (χ0) is 12.3. The molecule has 0 aliphatic carbocycles. The molecule has 1 aromatic carbocycles. The molecular weight excluding hydrogens is 263 g/mol. The van der Waals surface area contributed by atoms with Crippen molar-refractivity contribution in [1.82, 2.24) is 0 Å². The average Bonchev–Trinajstić information content (AvgIpc) is 1.95. The summed E-state index contributed by atoms with van der Waals surface area (Å²) in [5.74, 6) is 0. The minimum absolute atomic E-state index is 0.333. The predicted molar refractivity (Wildman–Crippen MR) is 73.9 cm³/mol. The molecule has 3 heteroatoms. The molecule has 0 fully saturated rings. The van der Waals surface area contributed by atoms with Gasteiger partial charge < -0.3 is 0 Å². The average molecular weight is 278 g/mol.